The lowest BCUT2D eigenvalue weighted by Gasteiger charge is -2.49. The molecule has 52 heavy (non-hydrogen) atoms. The zero-order valence-electron chi connectivity index (χ0n) is 29.9. The van der Waals surface area contributed by atoms with Crippen LogP contribution in [-0.2, 0) is 61.5 Å². The number of rotatable bonds is 19. The van der Waals surface area contributed by atoms with Gasteiger partial charge < -0.3 is 37.9 Å². The van der Waals surface area contributed by atoms with Gasteiger partial charge in [0.25, 0.3) is 0 Å². The van der Waals surface area contributed by atoms with Crippen LogP contribution in [0, 0.1) is 0 Å². The van der Waals surface area contributed by atoms with Crippen LogP contribution in [0.3, 0.4) is 0 Å². The SMILES string of the molecule is COc1ccc(COCC2(COCc3ccc(OC)cc3)OCC(OCc3ccccc3)[C@H](OCc3ccccc3)[C@@H]2OCc2ccccc2)cc1. The summed E-state index contributed by atoms with van der Waals surface area (Å²) in [6, 6.07) is 46.1. The zero-order chi connectivity index (χ0) is 35.9. The van der Waals surface area contributed by atoms with Gasteiger partial charge in [-0.3, -0.25) is 0 Å². The maximum Gasteiger partial charge on any atom is 0.143 e. The molecule has 0 aromatic heterocycles. The van der Waals surface area contributed by atoms with Crippen molar-refractivity contribution >= 4 is 0 Å². The Kier molecular flexibility index (Phi) is 13.8. The van der Waals surface area contributed by atoms with E-state index in [0.29, 0.717) is 33.0 Å². The summed E-state index contributed by atoms with van der Waals surface area (Å²) in [5.41, 5.74) is 4.12. The van der Waals surface area contributed by atoms with Crippen LogP contribution in [0.25, 0.3) is 0 Å². The van der Waals surface area contributed by atoms with Crippen molar-refractivity contribution in [3.63, 3.8) is 0 Å². The number of benzene rings is 5. The standard InChI is InChI=1S/C44H48O8/c1-45-39-22-18-37(19-23-39)26-47-32-44(33-48-27-38-20-24-40(46-2)25-21-38)43(51-30-36-16-10-5-11-17-36)42(50-29-35-14-8-4-9-15-35)41(31-52-44)49-28-34-12-6-3-7-13-34/h3-25,41-43H,26-33H2,1-2H3/t41?,42-,43-/m0/s1. The Morgan fingerprint density at radius 3 is 1.33 bits per heavy atom. The molecule has 1 unspecified atom stereocenters. The summed E-state index contributed by atoms with van der Waals surface area (Å²) >= 11 is 0. The van der Waals surface area contributed by atoms with Crippen molar-refractivity contribution in [2.24, 2.45) is 0 Å². The summed E-state index contributed by atoms with van der Waals surface area (Å²) in [5, 5.41) is 0. The van der Waals surface area contributed by atoms with Crippen molar-refractivity contribution < 1.29 is 37.9 Å². The minimum Gasteiger partial charge on any atom is -0.497 e. The first kappa shape index (κ1) is 37.2. The van der Waals surface area contributed by atoms with Gasteiger partial charge in [0.05, 0.1) is 67.1 Å². The second-order valence-electron chi connectivity index (χ2n) is 12.9. The van der Waals surface area contributed by atoms with E-state index in [1.54, 1.807) is 14.2 Å². The minimum absolute atomic E-state index is 0.192. The zero-order valence-corrected chi connectivity index (χ0v) is 29.9. The molecule has 8 heteroatoms. The molecule has 1 fully saturated rings. The largest absolute Gasteiger partial charge is 0.497 e. The Bertz CT molecular complexity index is 1660. The fourth-order valence-corrected chi connectivity index (χ4v) is 6.22. The van der Waals surface area contributed by atoms with Gasteiger partial charge in [0, 0.05) is 0 Å². The van der Waals surface area contributed by atoms with Crippen LogP contribution < -0.4 is 9.47 Å². The topological polar surface area (TPSA) is 73.8 Å². The van der Waals surface area contributed by atoms with E-state index in [0.717, 1.165) is 39.3 Å². The van der Waals surface area contributed by atoms with Crippen LogP contribution in [0.4, 0.5) is 0 Å². The molecule has 0 bridgehead atoms. The summed E-state index contributed by atoms with van der Waals surface area (Å²) in [6.45, 7) is 2.48. The summed E-state index contributed by atoms with van der Waals surface area (Å²) in [7, 11) is 3.31. The highest BCUT2D eigenvalue weighted by molar-refractivity contribution is 5.27. The Morgan fingerprint density at radius 1 is 0.481 bits per heavy atom. The molecule has 1 aliphatic heterocycles. The first-order valence-electron chi connectivity index (χ1n) is 17.7. The first-order valence-corrected chi connectivity index (χ1v) is 17.7. The van der Waals surface area contributed by atoms with Crippen LogP contribution in [0.2, 0.25) is 0 Å². The molecule has 0 saturated carbocycles. The fraction of sp³-hybridized carbons (Fsp3) is 0.318. The molecule has 0 spiro atoms. The smallest absolute Gasteiger partial charge is 0.143 e. The molecular weight excluding hydrogens is 656 g/mol. The highest BCUT2D eigenvalue weighted by atomic mass is 16.6. The predicted molar refractivity (Wildman–Crippen MR) is 199 cm³/mol. The second-order valence-corrected chi connectivity index (χ2v) is 12.9. The monoisotopic (exact) mass is 704 g/mol. The van der Waals surface area contributed by atoms with Crippen molar-refractivity contribution in [2.75, 3.05) is 34.0 Å². The van der Waals surface area contributed by atoms with Crippen LogP contribution >= 0.6 is 0 Å². The van der Waals surface area contributed by atoms with Gasteiger partial charge in [0.15, 0.2) is 0 Å². The van der Waals surface area contributed by atoms with Gasteiger partial charge in [0.1, 0.15) is 35.4 Å². The Hall–Kier alpha value is -4.54. The maximum absolute atomic E-state index is 6.91. The summed E-state index contributed by atoms with van der Waals surface area (Å²) in [4.78, 5) is 0. The second kappa shape index (κ2) is 19.3. The molecule has 3 atom stereocenters. The lowest BCUT2D eigenvalue weighted by molar-refractivity contribution is -0.298. The highest BCUT2D eigenvalue weighted by Crippen LogP contribution is 2.35. The van der Waals surface area contributed by atoms with Crippen LogP contribution in [0.15, 0.2) is 140 Å². The number of hydrogen-bond donors (Lipinski definition) is 0. The first-order chi connectivity index (χ1) is 25.6. The van der Waals surface area contributed by atoms with E-state index in [1.807, 2.05) is 103 Å². The molecule has 5 aromatic rings. The van der Waals surface area contributed by atoms with Crippen LogP contribution in [0.1, 0.15) is 27.8 Å². The fourth-order valence-electron chi connectivity index (χ4n) is 6.22. The normalized spacial score (nSPS) is 18.2. The van der Waals surface area contributed by atoms with Gasteiger partial charge in [0.2, 0.25) is 0 Å². The molecule has 0 radical (unpaired) electrons. The quantitative estimate of drug-likeness (QED) is 0.0858. The molecule has 1 heterocycles. The molecule has 8 nitrogen and oxygen atoms in total. The molecule has 0 N–H and O–H groups in total. The molecular formula is C44H48O8. The third-order valence-electron chi connectivity index (χ3n) is 9.13. The minimum atomic E-state index is -1.04. The summed E-state index contributed by atoms with van der Waals surface area (Å²) in [6.07, 6.45) is -1.57. The molecule has 0 aliphatic carbocycles. The molecule has 5 aromatic carbocycles. The van der Waals surface area contributed by atoms with E-state index in [9.17, 15) is 0 Å². The van der Waals surface area contributed by atoms with Gasteiger partial charge >= 0.3 is 0 Å². The third kappa shape index (κ3) is 10.5. The van der Waals surface area contributed by atoms with Gasteiger partial charge in [-0.15, -0.1) is 0 Å². The van der Waals surface area contributed by atoms with Crippen molar-refractivity contribution in [3.8, 4) is 11.5 Å². The maximum atomic E-state index is 6.91. The van der Waals surface area contributed by atoms with E-state index < -0.39 is 23.9 Å². The molecule has 272 valence electrons. The number of ether oxygens (including phenoxy) is 8. The number of hydrogen-bond acceptors (Lipinski definition) is 8. The van der Waals surface area contributed by atoms with Gasteiger partial charge in [-0.2, -0.15) is 0 Å². The van der Waals surface area contributed by atoms with Crippen LogP contribution in [-0.4, -0.2) is 58.0 Å². The van der Waals surface area contributed by atoms with E-state index in [2.05, 4.69) is 36.4 Å². The van der Waals surface area contributed by atoms with E-state index >= 15 is 0 Å². The van der Waals surface area contributed by atoms with E-state index in [1.165, 1.54) is 0 Å². The van der Waals surface area contributed by atoms with Crippen LogP contribution in [0.5, 0.6) is 11.5 Å². The Balaban J connectivity index is 1.30. The Morgan fingerprint density at radius 2 is 0.885 bits per heavy atom. The highest BCUT2D eigenvalue weighted by Gasteiger charge is 2.53. The average Bonchev–Trinajstić information content (AvgIpc) is 3.21. The third-order valence-corrected chi connectivity index (χ3v) is 9.13. The lowest BCUT2D eigenvalue weighted by atomic mass is 9.87. The van der Waals surface area contributed by atoms with Gasteiger partial charge in [-0.05, 0) is 52.1 Å². The lowest BCUT2D eigenvalue weighted by Crippen LogP contribution is -2.66. The number of methoxy groups -OCH3 is 2. The summed E-state index contributed by atoms with van der Waals surface area (Å²) < 4.78 is 50.9. The molecule has 6 rings (SSSR count). The van der Waals surface area contributed by atoms with Crippen molar-refractivity contribution in [3.05, 3.63) is 167 Å². The van der Waals surface area contributed by atoms with Crippen molar-refractivity contribution in [1.82, 2.24) is 0 Å². The Labute approximate surface area is 307 Å². The molecule has 0 amide bonds. The average molecular weight is 705 g/mol. The van der Waals surface area contributed by atoms with Crippen molar-refractivity contribution in [2.45, 2.75) is 56.9 Å². The van der Waals surface area contributed by atoms with Gasteiger partial charge in [-0.25, -0.2) is 0 Å². The van der Waals surface area contributed by atoms with E-state index in [4.69, 9.17) is 37.9 Å². The predicted octanol–water partition coefficient (Wildman–Crippen LogP) is 7.96. The molecule has 1 aliphatic rings. The van der Waals surface area contributed by atoms with Gasteiger partial charge in [-0.1, -0.05) is 115 Å². The molecule has 1 saturated heterocycles. The van der Waals surface area contributed by atoms with Crippen molar-refractivity contribution in [1.29, 1.82) is 0 Å². The summed E-state index contributed by atoms with van der Waals surface area (Å²) in [5.74, 6) is 1.58. The van der Waals surface area contributed by atoms with E-state index in [-0.39, 0.29) is 19.8 Å².